The summed E-state index contributed by atoms with van der Waals surface area (Å²) in [6, 6.07) is 16.6. The molecule has 0 spiro atoms. The summed E-state index contributed by atoms with van der Waals surface area (Å²) in [5, 5.41) is 11.7. The topological polar surface area (TPSA) is 46.4 Å². The lowest BCUT2D eigenvalue weighted by molar-refractivity contribution is -0.385. The molecule has 0 aromatic heterocycles. The molecule has 4 rings (SSSR count). The average molecular weight is 405 g/mol. The molecule has 0 radical (unpaired) electrons. The van der Waals surface area contributed by atoms with E-state index in [1.165, 1.54) is 37.7 Å². The van der Waals surface area contributed by atoms with Crippen LogP contribution in [0.15, 0.2) is 54.6 Å². The Morgan fingerprint density at radius 1 is 0.933 bits per heavy atom. The molecule has 1 aliphatic carbocycles. The van der Waals surface area contributed by atoms with E-state index < -0.39 is 0 Å². The van der Waals surface area contributed by atoms with Crippen LogP contribution >= 0.6 is 0 Å². The minimum atomic E-state index is -0.199. The fraction of sp³-hybridized carbons (Fsp3) is 0.462. The van der Waals surface area contributed by atoms with Gasteiger partial charge in [-0.05, 0) is 61.7 Å². The number of rotatable bonds is 6. The van der Waals surface area contributed by atoms with Gasteiger partial charge in [0.25, 0.3) is 5.69 Å². The predicted octanol–water partition coefficient (Wildman–Crippen LogP) is 6.54. The average Bonchev–Trinajstić information content (AvgIpc) is 2.80. The molecule has 2 aromatic rings. The summed E-state index contributed by atoms with van der Waals surface area (Å²) < 4.78 is 0. The smallest absolute Gasteiger partial charge is 0.273 e. The van der Waals surface area contributed by atoms with Gasteiger partial charge in [0.2, 0.25) is 0 Å². The Morgan fingerprint density at radius 3 is 2.37 bits per heavy atom. The molecule has 158 valence electrons. The van der Waals surface area contributed by atoms with E-state index in [2.05, 4.69) is 47.4 Å². The summed E-state index contributed by atoms with van der Waals surface area (Å²) in [5.74, 6) is 1.02. The van der Waals surface area contributed by atoms with Gasteiger partial charge in [-0.25, -0.2) is 0 Å². The first kappa shape index (κ1) is 20.8. The Hall–Kier alpha value is -2.46. The Balaban J connectivity index is 1.34. The lowest BCUT2D eigenvalue weighted by Crippen LogP contribution is -2.32. The molecule has 0 amide bonds. The van der Waals surface area contributed by atoms with E-state index in [9.17, 15) is 10.1 Å². The zero-order valence-corrected chi connectivity index (χ0v) is 17.7. The zero-order valence-electron chi connectivity index (χ0n) is 17.7. The lowest BCUT2D eigenvalue weighted by Gasteiger charge is -2.31. The molecule has 0 unspecified atom stereocenters. The van der Waals surface area contributed by atoms with Crippen molar-refractivity contribution in [2.24, 2.45) is 0 Å². The number of nitro groups is 1. The highest BCUT2D eigenvalue weighted by molar-refractivity contribution is 5.57. The maximum atomic E-state index is 11.7. The molecule has 0 N–H and O–H groups in total. The van der Waals surface area contributed by atoms with Crippen LogP contribution in [0.1, 0.15) is 73.5 Å². The summed E-state index contributed by atoms with van der Waals surface area (Å²) in [6.45, 7) is 3.11. The Kier molecular flexibility index (Phi) is 6.96. The fourth-order valence-electron chi connectivity index (χ4n) is 5.09. The van der Waals surface area contributed by atoms with Crippen molar-refractivity contribution in [1.29, 1.82) is 0 Å². The van der Waals surface area contributed by atoms with Crippen molar-refractivity contribution >= 4 is 11.8 Å². The molecule has 2 aliphatic rings. The summed E-state index contributed by atoms with van der Waals surface area (Å²) in [4.78, 5) is 13.9. The number of piperidine rings is 1. The molecule has 2 aromatic carbocycles. The van der Waals surface area contributed by atoms with E-state index >= 15 is 0 Å². The second kappa shape index (κ2) is 10.0. The molecule has 1 heterocycles. The minimum Gasteiger partial charge on any atom is -0.300 e. The Labute approximate surface area is 179 Å². The molecule has 1 aliphatic heterocycles. The highest BCUT2D eigenvalue weighted by atomic mass is 16.6. The van der Waals surface area contributed by atoms with E-state index in [0.717, 1.165) is 43.6 Å². The van der Waals surface area contributed by atoms with Crippen LogP contribution in [-0.4, -0.2) is 29.5 Å². The van der Waals surface area contributed by atoms with Crippen molar-refractivity contribution in [3.05, 3.63) is 81.4 Å². The van der Waals surface area contributed by atoms with E-state index in [4.69, 9.17) is 0 Å². The van der Waals surface area contributed by atoms with E-state index in [0.29, 0.717) is 17.5 Å². The number of hydrogen-bond donors (Lipinski definition) is 0. The van der Waals surface area contributed by atoms with E-state index in [-0.39, 0.29) is 4.92 Å². The van der Waals surface area contributed by atoms with Crippen LogP contribution in [0.2, 0.25) is 0 Å². The van der Waals surface area contributed by atoms with Gasteiger partial charge in [-0.15, -0.1) is 0 Å². The zero-order chi connectivity index (χ0) is 20.8. The molecule has 0 bridgehead atoms. The molecule has 4 nitrogen and oxygen atoms in total. The molecule has 4 heteroatoms. The van der Waals surface area contributed by atoms with Crippen LogP contribution in [0, 0.1) is 10.1 Å². The quantitative estimate of drug-likeness (QED) is 0.406. The first-order valence-corrected chi connectivity index (χ1v) is 11.4. The number of hydrogen-bond acceptors (Lipinski definition) is 3. The SMILES string of the molecule is O=[N+]([O-])c1cc(C=CCN2CCC(c3ccccc3)CC2)ccc1C1CCCCC1. The van der Waals surface area contributed by atoms with Gasteiger partial charge in [-0.3, -0.25) is 15.0 Å². The Morgan fingerprint density at radius 2 is 1.67 bits per heavy atom. The summed E-state index contributed by atoms with van der Waals surface area (Å²) in [7, 11) is 0. The lowest BCUT2D eigenvalue weighted by atomic mass is 9.83. The molecule has 1 saturated heterocycles. The van der Waals surface area contributed by atoms with Crippen molar-refractivity contribution in [3.8, 4) is 0 Å². The van der Waals surface area contributed by atoms with Crippen LogP contribution in [-0.2, 0) is 0 Å². The van der Waals surface area contributed by atoms with Crippen molar-refractivity contribution in [3.63, 3.8) is 0 Å². The van der Waals surface area contributed by atoms with Gasteiger partial charge in [-0.2, -0.15) is 0 Å². The standard InChI is InChI=1S/C26H32N2O2/c29-28(30)26-20-21(13-14-25(26)24-11-5-2-6-12-24)8-7-17-27-18-15-23(16-19-27)22-9-3-1-4-10-22/h1,3-4,7-10,13-14,20,23-24H,2,5-6,11-12,15-19H2. The van der Waals surface area contributed by atoms with Crippen LogP contribution in [0.25, 0.3) is 6.08 Å². The maximum Gasteiger partial charge on any atom is 0.273 e. The first-order valence-electron chi connectivity index (χ1n) is 11.4. The minimum absolute atomic E-state index is 0.199. The summed E-state index contributed by atoms with van der Waals surface area (Å²) in [5.41, 5.74) is 3.62. The normalized spacial score (nSPS) is 19.3. The second-order valence-corrected chi connectivity index (χ2v) is 8.80. The van der Waals surface area contributed by atoms with Gasteiger partial charge in [0.15, 0.2) is 0 Å². The number of nitrogens with zero attached hydrogens (tertiary/aromatic N) is 2. The third kappa shape index (κ3) is 5.17. The number of likely N-dealkylation sites (tertiary alicyclic amines) is 1. The van der Waals surface area contributed by atoms with Gasteiger partial charge in [-0.1, -0.05) is 73.9 Å². The highest BCUT2D eigenvalue weighted by Gasteiger charge is 2.24. The van der Waals surface area contributed by atoms with Gasteiger partial charge in [0.05, 0.1) is 4.92 Å². The molecular weight excluding hydrogens is 372 g/mol. The third-order valence-electron chi connectivity index (χ3n) is 6.83. The third-order valence-corrected chi connectivity index (χ3v) is 6.83. The van der Waals surface area contributed by atoms with Crippen LogP contribution < -0.4 is 0 Å². The van der Waals surface area contributed by atoms with Gasteiger partial charge in [0, 0.05) is 18.2 Å². The van der Waals surface area contributed by atoms with Crippen molar-refractivity contribution in [2.45, 2.75) is 56.8 Å². The van der Waals surface area contributed by atoms with E-state index in [1.54, 1.807) is 6.07 Å². The van der Waals surface area contributed by atoms with Crippen molar-refractivity contribution < 1.29 is 4.92 Å². The van der Waals surface area contributed by atoms with Crippen LogP contribution in [0.3, 0.4) is 0 Å². The van der Waals surface area contributed by atoms with Gasteiger partial charge >= 0.3 is 0 Å². The Bertz CT molecular complexity index is 864. The fourth-order valence-corrected chi connectivity index (χ4v) is 5.09. The summed E-state index contributed by atoms with van der Waals surface area (Å²) >= 11 is 0. The molecule has 2 fully saturated rings. The van der Waals surface area contributed by atoms with E-state index in [1.807, 2.05) is 12.1 Å². The van der Waals surface area contributed by atoms with Crippen LogP contribution in [0.4, 0.5) is 5.69 Å². The molecule has 0 atom stereocenters. The second-order valence-electron chi connectivity index (χ2n) is 8.80. The largest absolute Gasteiger partial charge is 0.300 e. The number of benzene rings is 2. The van der Waals surface area contributed by atoms with Crippen molar-refractivity contribution in [1.82, 2.24) is 4.90 Å². The van der Waals surface area contributed by atoms with Crippen LogP contribution in [0.5, 0.6) is 0 Å². The maximum absolute atomic E-state index is 11.7. The predicted molar refractivity (Wildman–Crippen MR) is 123 cm³/mol. The van der Waals surface area contributed by atoms with Crippen molar-refractivity contribution in [2.75, 3.05) is 19.6 Å². The van der Waals surface area contributed by atoms with Gasteiger partial charge in [0.1, 0.15) is 0 Å². The molecular formula is C26H32N2O2. The highest BCUT2D eigenvalue weighted by Crippen LogP contribution is 2.37. The summed E-state index contributed by atoms with van der Waals surface area (Å²) in [6.07, 6.45) is 12.4. The monoisotopic (exact) mass is 404 g/mol. The molecule has 1 saturated carbocycles. The molecule has 30 heavy (non-hydrogen) atoms. The first-order chi connectivity index (χ1) is 14.7. The number of nitro benzene ring substituents is 1. The van der Waals surface area contributed by atoms with Gasteiger partial charge < -0.3 is 0 Å².